The van der Waals surface area contributed by atoms with Crippen molar-refractivity contribution in [1.82, 2.24) is 0 Å². The van der Waals surface area contributed by atoms with E-state index >= 15 is 0 Å². The molecule has 15 heavy (non-hydrogen) atoms. The highest BCUT2D eigenvalue weighted by molar-refractivity contribution is 14.1. The van der Waals surface area contributed by atoms with Gasteiger partial charge in [0, 0.05) is 11.5 Å². The van der Waals surface area contributed by atoms with Crippen LogP contribution in [0.15, 0.2) is 30.3 Å². The average molecular weight is 320 g/mol. The van der Waals surface area contributed by atoms with Crippen molar-refractivity contribution < 1.29 is 9.47 Å². The van der Waals surface area contributed by atoms with Crippen molar-refractivity contribution in [2.45, 2.75) is 12.5 Å². The molecule has 0 fully saturated rings. The Morgan fingerprint density at radius 1 is 1.20 bits per heavy atom. The van der Waals surface area contributed by atoms with Crippen LogP contribution in [0.4, 0.5) is 0 Å². The molecule has 0 saturated carbocycles. The van der Waals surface area contributed by atoms with E-state index in [9.17, 15) is 0 Å². The summed E-state index contributed by atoms with van der Waals surface area (Å²) in [5, 5.41) is 0. The fourth-order valence-corrected chi connectivity index (χ4v) is 2.00. The molecule has 84 valence electrons. The number of rotatable bonds is 6. The highest BCUT2D eigenvalue weighted by atomic mass is 127. The van der Waals surface area contributed by atoms with Gasteiger partial charge in [0.05, 0.1) is 18.8 Å². The highest BCUT2D eigenvalue weighted by Crippen LogP contribution is 2.27. The SMILES string of the molecule is COCCOC(C)(CI)c1ccccc1. The van der Waals surface area contributed by atoms with Crippen molar-refractivity contribution in [3.05, 3.63) is 35.9 Å². The quantitative estimate of drug-likeness (QED) is 0.456. The first-order valence-corrected chi connectivity index (χ1v) is 6.50. The maximum atomic E-state index is 5.87. The van der Waals surface area contributed by atoms with Crippen LogP contribution >= 0.6 is 22.6 Å². The van der Waals surface area contributed by atoms with E-state index in [2.05, 4.69) is 41.6 Å². The van der Waals surface area contributed by atoms with Gasteiger partial charge in [0.25, 0.3) is 0 Å². The van der Waals surface area contributed by atoms with Crippen LogP contribution in [0.2, 0.25) is 0 Å². The molecule has 2 nitrogen and oxygen atoms in total. The maximum absolute atomic E-state index is 5.87. The minimum atomic E-state index is -0.208. The lowest BCUT2D eigenvalue weighted by molar-refractivity contribution is -0.0379. The minimum absolute atomic E-state index is 0.208. The second kappa shape index (κ2) is 6.45. The monoisotopic (exact) mass is 320 g/mol. The van der Waals surface area contributed by atoms with Gasteiger partial charge in [-0.3, -0.25) is 0 Å². The first kappa shape index (κ1) is 12.9. The summed E-state index contributed by atoms with van der Waals surface area (Å²) < 4.78 is 11.8. The minimum Gasteiger partial charge on any atom is -0.382 e. The number of alkyl halides is 1. The van der Waals surface area contributed by atoms with Crippen LogP contribution in [0.1, 0.15) is 12.5 Å². The molecular weight excluding hydrogens is 303 g/mol. The number of halogens is 1. The Morgan fingerprint density at radius 2 is 1.87 bits per heavy atom. The molecule has 0 bridgehead atoms. The summed E-state index contributed by atoms with van der Waals surface area (Å²) in [5.41, 5.74) is 1.01. The molecule has 3 heteroatoms. The molecule has 0 saturated heterocycles. The third-order valence-electron chi connectivity index (χ3n) is 2.35. The summed E-state index contributed by atoms with van der Waals surface area (Å²) in [6.45, 7) is 3.38. The van der Waals surface area contributed by atoms with Crippen molar-refractivity contribution in [3.63, 3.8) is 0 Å². The Kier molecular flexibility index (Phi) is 5.56. The number of hydrogen-bond donors (Lipinski definition) is 0. The van der Waals surface area contributed by atoms with Gasteiger partial charge in [-0.15, -0.1) is 0 Å². The number of benzene rings is 1. The van der Waals surface area contributed by atoms with E-state index in [1.807, 2.05) is 18.2 Å². The largest absolute Gasteiger partial charge is 0.382 e. The lowest BCUT2D eigenvalue weighted by atomic mass is 9.98. The van der Waals surface area contributed by atoms with Gasteiger partial charge < -0.3 is 9.47 Å². The van der Waals surface area contributed by atoms with Gasteiger partial charge >= 0.3 is 0 Å². The van der Waals surface area contributed by atoms with Gasteiger partial charge in [0.1, 0.15) is 0 Å². The van der Waals surface area contributed by atoms with Crippen LogP contribution in [-0.2, 0) is 15.1 Å². The van der Waals surface area contributed by atoms with Gasteiger partial charge in [-0.2, -0.15) is 0 Å². The lowest BCUT2D eigenvalue weighted by Crippen LogP contribution is -2.29. The zero-order valence-electron chi connectivity index (χ0n) is 9.20. The molecule has 0 radical (unpaired) electrons. The number of methoxy groups -OCH3 is 1. The second-order valence-electron chi connectivity index (χ2n) is 3.57. The number of ether oxygens (including phenoxy) is 2. The third-order valence-corrected chi connectivity index (χ3v) is 3.80. The van der Waals surface area contributed by atoms with E-state index in [0.717, 1.165) is 4.43 Å². The molecule has 0 spiro atoms. The van der Waals surface area contributed by atoms with Crippen molar-refractivity contribution in [1.29, 1.82) is 0 Å². The molecule has 1 unspecified atom stereocenters. The first-order valence-electron chi connectivity index (χ1n) is 4.97. The predicted octanol–water partition coefficient (Wildman–Crippen LogP) is 3.00. The molecule has 0 heterocycles. The van der Waals surface area contributed by atoms with Crippen molar-refractivity contribution >= 4 is 22.6 Å². The van der Waals surface area contributed by atoms with E-state index in [1.165, 1.54) is 5.56 Å². The molecule has 1 atom stereocenters. The molecule has 1 aromatic rings. The first-order chi connectivity index (χ1) is 7.23. The molecule has 0 aliphatic heterocycles. The molecular formula is C12H17IO2. The summed E-state index contributed by atoms with van der Waals surface area (Å²) >= 11 is 2.36. The normalized spacial score (nSPS) is 14.9. The summed E-state index contributed by atoms with van der Waals surface area (Å²) in [5.74, 6) is 0. The Bertz CT molecular complexity index is 276. The van der Waals surface area contributed by atoms with Crippen molar-refractivity contribution in [2.75, 3.05) is 24.8 Å². The fourth-order valence-electron chi connectivity index (χ4n) is 1.34. The molecule has 0 aliphatic carbocycles. The van der Waals surface area contributed by atoms with Crippen LogP contribution in [0, 0.1) is 0 Å². The van der Waals surface area contributed by atoms with Gasteiger partial charge in [-0.05, 0) is 12.5 Å². The average Bonchev–Trinajstić information content (AvgIpc) is 2.30. The smallest absolute Gasteiger partial charge is 0.0993 e. The Morgan fingerprint density at radius 3 is 2.40 bits per heavy atom. The van der Waals surface area contributed by atoms with Crippen molar-refractivity contribution in [2.24, 2.45) is 0 Å². The van der Waals surface area contributed by atoms with E-state index in [-0.39, 0.29) is 5.60 Å². The van der Waals surface area contributed by atoms with E-state index in [1.54, 1.807) is 7.11 Å². The number of hydrogen-bond acceptors (Lipinski definition) is 2. The van der Waals surface area contributed by atoms with Crippen LogP contribution in [0.3, 0.4) is 0 Å². The summed E-state index contributed by atoms with van der Waals surface area (Å²) in [7, 11) is 1.69. The van der Waals surface area contributed by atoms with Gasteiger partial charge in [-0.25, -0.2) is 0 Å². The van der Waals surface area contributed by atoms with Gasteiger partial charge in [-0.1, -0.05) is 52.9 Å². The molecule has 0 aliphatic rings. The van der Waals surface area contributed by atoms with Crippen LogP contribution in [-0.4, -0.2) is 24.8 Å². The van der Waals surface area contributed by atoms with E-state index in [0.29, 0.717) is 13.2 Å². The van der Waals surface area contributed by atoms with E-state index in [4.69, 9.17) is 9.47 Å². The van der Waals surface area contributed by atoms with Gasteiger partial charge in [0.15, 0.2) is 0 Å². The zero-order valence-corrected chi connectivity index (χ0v) is 11.4. The molecule has 0 aromatic heterocycles. The maximum Gasteiger partial charge on any atom is 0.0993 e. The zero-order chi connectivity index (χ0) is 11.1. The van der Waals surface area contributed by atoms with E-state index < -0.39 is 0 Å². The summed E-state index contributed by atoms with van der Waals surface area (Å²) in [6, 6.07) is 10.3. The Balaban J connectivity index is 2.67. The lowest BCUT2D eigenvalue weighted by Gasteiger charge is -2.28. The Hall–Kier alpha value is -0.130. The highest BCUT2D eigenvalue weighted by Gasteiger charge is 2.25. The van der Waals surface area contributed by atoms with Crippen LogP contribution < -0.4 is 0 Å². The topological polar surface area (TPSA) is 18.5 Å². The third kappa shape index (κ3) is 3.74. The molecule has 1 aromatic carbocycles. The van der Waals surface area contributed by atoms with Gasteiger partial charge in [0.2, 0.25) is 0 Å². The second-order valence-corrected chi connectivity index (χ2v) is 4.33. The van der Waals surface area contributed by atoms with Crippen LogP contribution in [0.5, 0.6) is 0 Å². The Labute approximate surface area is 105 Å². The standard InChI is InChI=1S/C12H17IO2/c1-12(10-13,15-9-8-14-2)11-6-4-3-5-7-11/h3-7H,8-10H2,1-2H3. The fraction of sp³-hybridized carbons (Fsp3) is 0.500. The summed E-state index contributed by atoms with van der Waals surface area (Å²) in [6.07, 6.45) is 0. The van der Waals surface area contributed by atoms with Crippen molar-refractivity contribution in [3.8, 4) is 0 Å². The summed E-state index contributed by atoms with van der Waals surface area (Å²) in [4.78, 5) is 0. The van der Waals surface area contributed by atoms with Crippen LogP contribution in [0.25, 0.3) is 0 Å². The molecule has 0 N–H and O–H groups in total. The molecule has 0 amide bonds. The molecule has 1 rings (SSSR count). The predicted molar refractivity (Wildman–Crippen MR) is 70.5 cm³/mol.